The number of allylic oxidation sites excluding steroid dienone is 1. The number of esters is 1. The summed E-state index contributed by atoms with van der Waals surface area (Å²) < 4.78 is 17.1. The highest BCUT2D eigenvalue weighted by Gasteiger charge is 2.74. The third-order valence-corrected chi connectivity index (χ3v) is 14.3. The molecule has 3 saturated carbocycles. The lowest BCUT2D eigenvalue weighted by Crippen LogP contribution is -2.66. The molecule has 15 unspecified atom stereocenters. The van der Waals surface area contributed by atoms with E-state index >= 15 is 0 Å². The molecule has 1 saturated heterocycles. The van der Waals surface area contributed by atoms with Crippen LogP contribution in [0.1, 0.15) is 101 Å². The zero-order valence-electron chi connectivity index (χ0n) is 31.5. The molecule has 290 valence electrons. The molecule has 0 radical (unpaired) electrons. The fourth-order valence-electron chi connectivity index (χ4n) is 11.4. The summed E-state index contributed by atoms with van der Waals surface area (Å²) in [6.07, 6.45) is -7.59. The first-order valence-corrected chi connectivity index (χ1v) is 18.3. The van der Waals surface area contributed by atoms with Crippen LogP contribution in [0.3, 0.4) is 0 Å². The summed E-state index contributed by atoms with van der Waals surface area (Å²) in [4.78, 5) is 40.0. The number of hydrogen-bond acceptors (Lipinski definition) is 13. The second-order valence-corrected chi connectivity index (χ2v) is 18.2. The number of Topliss-reactive ketones (excluding diaryl/α,β-unsaturated/α-hetero) is 2. The number of aliphatic hydroxyl groups is 7. The van der Waals surface area contributed by atoms with Crippen molar-refractivity contribution in [3.63, 3.8) is 0 Å². The van der Waals surface area contributed by atoms with Crippen molar-refractivity contribution in [2.24, 2.45) is 39.4 Å². The maximum atomic E-state index is 14.7. The van der Waals surface area contributed by atoms with Crippen LogP contribution in [0.5, 0.6) is 0 Å². The highest BCUT2D eigenvalue weighted by molar-refractivity contribution is 5.90. The second-order valence-electron chi connectivity index (χ2n) is 18.2. The summed E-state index contributed by atoms with van der Waals surface area (Å²) in [6, 6.07) is 0. The Morgan fingerprint density at radius 2 is 1.59 bits per heavy atom. The van der Waals surface area contributed by atoms with Gasteiger partial charge >= 0.3 is 5.97 Å². The number of carbonyl (C=O) groups is 3. The van der Waals surface area contributed by atoms with Gasteiger partial charge in [0, 0.05) is 36.5 Å². The molecule has 0 aromatic rings. The van der Waals surface area contributed by atoms with E-state index in [9.17, 15) is 50.1 Å². The molecule has 13 nitrogen and oxygen atoms in total. The van der Waals surface area contributed by atoms with Crippen molar-refractivity contribution in [3.8, 4) is 0 Å². The van der Waals surface area contributed by atoms with E-state index < -0.39 is 112 Å². The van der Waals surface area contributed by atoms with Crippen molar-refractivity contribution in [2.75, 3.05) is 6.61 Å². The van der Waals surface area contributed by atoms with Crippen LogP contribution in [-0.2, 0) is 28.6 Å². The van der Waals surface area contributed by atoms with Crippen LogP contribution in [0.25, 0.3) is 0 Å². The molecule has 4 fully saturated rings. The molecule has 5 rings (SSSR count). The van der Waals surface area contributed by atoms with Crippen molar-refractivity contribution in [3.05, 3.63) is 11.6 Å². The van der Waals surface area contributed by atoms with Gasteiger partial charge in [0.25, 0.3) is 0 Å². The maximum absolute atomic E-state index is 14.7. The highest BCUT2D eigenvalue weighted by Crippen LogP contribution is 2.74. The average Bonchev–Trinajstić information content (AvgIpc) is 3.22. The summed E-state index contributed by atoms with van der Waals surface area (Å²) in [7, 11) is 0. The first kappa shape index (κ1) is 40.4. The zero-order valence-corrected chi connectivity index (χ0v) is 31.5. The van der Waals surface area contributed by atoms with Crippen molar-refractivity contribution in [1.82, 2.24) is 0 Å². The lowest BCUT2D eigenvalue weighted by molar-refractivity contribution is -0.327. The van der Waals surface area contributed by atoms with Gasteiger partial charge in [-0.2, -0.15) is 0 Å². The van der Waals surface area contributed by atoms with Crippen LogP contribution in [0.2, 0.25) is 0 Å². The molecule has 51 heavy (non-hydrogen) atoms. The molecule has 15 atom stereocenters. The minimum Gasteiger partial charge on any atom is -0.460 e. The van der Waals surface area contributed by atoms with Crippen LogP contribution < -0.4 is 0 Å². The Balaban J connectivity index is 1.44. The first-order valence-electron chi connectivity index (χ1n) is 18.3. The van der Waals surface area contributed by atoms with E-state index in [1.54, 1.807) is 13.8 Å². The summed E-state index contributed by atoms with van der Waals surface area (Å²) >= 11 is 0. The van der Waals surface area contributed by atoms with E-state index in [-0.39, 0.29) is 43.8 Å². The van der Waals surface area contributed by atoms with Gasteiger partial charge in [0.05, 0.1) is 24.9 Å². The van der Waals surface area contributed by atoms with Crippen molar-refractivity contribution < 1.29 is 64.3 Å². The topological polar surface area (TPSA) is 221 Å². The minimum absolute atomic E-state index is 0.00565. The maximum Gasteiger partial charge on any atom is 0.303 e. The third-order valence-electron chi connectivity index (χ3n) is 14.3. The Morgan fingerprint density at radius 1 is 0.961 bits per heavy atom. The number of aliphatic hydroxyl groups excluding tert-OH is 6. The van der Waals surface area contributed by atoms with E-state index in [4.69, 9.17) is 14.2 Å². The number of fused-ring (bicyclic) bond motifs is 5. The minimum atomic E-state index is -1.97. The van der Waals surface area contributed by atoms with Gasteiger partial charge in [-0.15, -0.1) is 0 Å². The predicted octanol–water partition coefficient (Wildman–Crippen LogP) is 1.34. The van der Waals surface area contributed by atoms with Gasteiger partial charge in [-0.1, -0.05) is 46.3 Å². The van der Waals surface area contributed by atoms with Crippen LogP contribution >= 0.6 is 0 Å². The monoisotopic (exact) mass is 724 g/mol. The lowest BCUT2D eigenvalue weighted by atomic mass is 9.38. The average molecular weight is 725 g/mol. The lowest BCUT2D eigenvalue weighted by Gasteiger charge is -2.65. The summed E-state index contributed by atoms with van der Waals surface area (Å²) in [5.41, 5.74) is -5.51. The smallest absolute Gasteiger partial charge is 0.303 e. The fraction of sp³-hybridized carbons (Fsp3) is 0.868. The van der Waals surface area contributed by atoms with Crippen molar-refractivity contribution in [2.45, 2.75) is 161 Å². The molecule has 7 N–H and O–H groups in total. The van der Waals surface area contributed by atoms with Gasteiger partial charge in [0.1, 0.15) is 41.4 Å². The fourth-order valence-corrected chi connectivity index (χ4v) is 11.4. The number of hydrogen-bond donors (Lipinski definition) is 7. The number of ketones is 2. The molecule has 0 bridgehead atoms. The molecule has 0 aromatic carbocycles. The molecule has 1 aliphatic heterocycles. The Kier molecular flexibility index (Phi) is 10.4. The first-order chi connectivity index (χ1) is 23.3. The number of carbonyl (C=O) groups excluding carboxylic acids is 3. The Morgan fingerprint density at radius 3 is 2.18 bits per heavy atom. The van der Waals surface area contributed by atoms with E-state index in [0.717, 1.165) is 5.57 Å². The zero-order chi connectivity index (χ0) is 38.4. The Bertz CT molecular complexity index is 1420. The Labute approximate surface area is 300 Å². The molecule has 0 spiro atoms. The Hall–Kier alpha value is -1.81. The molecule has 4 aliphatic carbocycles. The standard InChI is InChI=1S/C38H60O13/c1-18(40)51-33(2,3)13-12-25(43)38(9,48)30-22(42)15-35(6)24-11-10-19-20(37(24,8)26(44)16-36(30,35)7)14-21(41)31(34(19,4)5)50-32-29(47)28(46)27(45)23(17-39)49-32/h10,20-24,27-32,39,41-42,45-48H,11-17H2,1-9H3. The number of rotatable bonds is 9. The molecule has 5 aliphatic rings. The predicted molar refractivity (Wildman–Crippen MR) is 181 cm³/mol. The van der Waals surface area contributed by atoms with Crippen LogP contribution in [-0.4, -0.2) is 120 Å². The highest BCUT2D eigenvalue weighted by atomic mass is 16.7. The molecular weight excluding hydrogens is 664 g/mol. The van der Waals surface area contributed by atoms with E-state index in [1.807, 2.05) is 34.6 Å². The van der Waals surface area contributed by atoms with Gasteiger partial charge in [0.2, 0.25) is 0 Å². The normalized spacial score (nSPS) is 46.2. The largest absolute Gasteiger partial charge is 0.460 e. The van der Waals surface area contributed by atoms with Crippen LogP contribution in [0.4, 0.5) is 0 Å². The molecular formula is C38H60O13. The number of ether oxygens (including phenoxy) is 3. The third kappa shape index (κ3) is 6.16. The van der Waals surface area contributed by atoms with Crippen molar-refractivity contribution >= 4 is 17.5 Å². The quantitative estimate of drug-likeness (QED) is 0.132. The molecule has 0 amide bonds. The van der Waals surface area contributed by atoms with Gasteiger partial charge in [0.15, 0.2) is 12.1 Å². The molecule has 0 aromatic heterocycles. The van der Waals surface area contributed by atoms with Crippen molar-refractivity contribution in [1.29, 1.82) is 0 Å². The van der Waals surface area contributed by atoms with Gasteiger partial charge in [-0.25, -0.2) is 0 Å². The van der Waals surface area contributed by atoms with E-state index in [0.29, 0.717) is 6.42 Å². The molecule has 13 heteroatoms. The van der Waals surface area contributed by atoms with Crippen LogP contribution in [0, 0.1) is 39.4 Å². The van der Waals surface area contributed by atoms with Crippen LogP contribution in [0.15, 0.2) is 11.6 Å². The second kappa shape index (κ2) is 13.2. The van der Waals surface area contributed by atoms with E-state index in [1.165, 1.54) is 13.8 Å². The van der Waals surface area contributed by atoms with Gasteiger partial charge < -0.3 is 50.0 Å². The summed E-state index contributed by atoms with van der Waals surface area (Å²) in [5, 5.41) is 76.3. The van der Waals surface area contributed by atoms with Gasteiger partial charge in [-0.05, 0) is 69.1 Å². The SMILES string of the molecule is CC(=O)OC(C)(C)CCC(=O)C(C)(O)C1C(O)CC2(C)C3CC=C4C(CC(O)C(OC5OC(CO)C(O)C(O)C5O)C4(C)C)C3(C)C(=O)CC12C. The van der Waals surface area contributed by atoms with Gasteiger partial charge in [-0.3, -0.25) is 14.4 Å². The summed E-state index contributed by atoms with van der Waals surface area (Å²) in [6.45, 7) is 15.1. The van der Waals surface area contributed by atoms with E-state index in [2.05, 4.69) is 6.08 Å². The molecule has 1 heterocycles. The summed E-state index contributed by atoms with van der Waals surface area (Å²) in [5.74, 6) is -2.70.